The molecule has 3 unspecified atom stereocenters. The van der Waals surface area contributed by atoms with E-state index in [1.54, 1.807) is 6.20 Å². The van der Waals surface area contributed by atoms with Gasteiger partial charge in [-0.1, -0.05) is 20.3 Å². The Hall–Kier alpha value is -1.77. The van der Waals surface area contributed by atoms with Gasteiger partial charge in [0.15, 0.2) is 0 Å². The van der Waals surface area contributed by atoms with E-state index >= 15 is 0 Å². The first-order valence-electron chi connectivity index (χ1n) is 7.60. The summed E-state index contributed by atoms with van der Waals surface area (Å²) in [6.07, 6.45) is 5.67. The summed E-state index contributed by atoms with van der Waals surface area (Å²) in [6, 6.07) is 8.67. The summed E-state index contributed by atoms with van der Waals surface area (Å²) in [7, 11) is 0. The molecule has 3 atom stereocenters. The van der Waals surface area contributed by atoms with Crippen LogP contribution >= 0.6 is 0 Å². The van der Waals surface area contributed by atoms with Crippen LogP contribution in [0.2, 0.25) is 0 Å². The molecule has 0 aliphatic heterocycles. The molecule has 3 N–H and O–H groups in total. The van der Waals surface area contributed by atoms with E-state index in [4.69, 9.17) is 5.73 Å². The maximum Gasteiger partial charge on any atom is 0.0951 e. The molecular formula is C17H23N3. The Balaban J connectivity index is 1.90. The standard InChI is InChI=1S/C17H23N3/c1-3-12-6-8-15(11(12)2)20-16-9-7-14(18)17-13(16)5-4-10-19-17/h4-5,7,9-12,15,20H,3,6,8,18H2,1-2H3. The lowest BCUT2D eigenvalue weighted by atomic mass is 9.93. The summed E-state index contributed by atoms with van der Waals surface area (Å²) < 4.78 is 0. The van der Waals surface area contributed by atoms with Gasteiger partial charge in [0.2, 0.25) is 0 Å². The van der Waals surface area contributed by atoms with Crippen LogP contribution < -0.4 is 11.1 Å². The highest BCUT2D eigenvalue weighted by Gasteiger charge is 2.31. The number of rotatable bonds is 3. The number of nitrogens with one attached hydrogen (secondary N) is 1. The molecule has 0 amide bonds. The number of aromatic nitrogens is 1. The first-order chi connectivity index (χ1) is 9.70. The SMILES string of the molecule is CCC1CCC(Nc2ccc(N)c3ncccc23)C1C. The van der Waals surface area contributed by atoms with E-state index in [0.29, 0.717) is 6.04 Å². The number of nitrogens with two attached hydrogens (primary N) is 1. The van der Waals surface area contributed by atoms with Crippen molar-refractivity contribution < 1.29 is 0 Å². The fraction of sp³-hybridized carbons (Fsp3) is 0.471. The molecular weight excluding hydrogens is 246 g/mol. The molecule has 0 bridgehead atoms. The van der Waals surface area contributed by atoms with Gasteiger partial charge in [-0.05, 0) is 48.9 Å². The third-order valence-electron chi connectivity index (χ3n) is 4.89. The molecule has 0 saturated heterocycles. The summed E-state index contributed by atoms with van der Waals surface area (Å²) in [5, 5.41) is 4.85. The number of nitrogen functional groups attached to an aromatic ring is 1. The second-order valence-electron chi connectivity index (χ2n) is 5.96. The van der Waals surface area contributed by atoms with Crippen molar-refractivity contribution in [2.24, 2.45) is 11.8 Å². The van der Waals surface area contributed by atoms with E-state index < -0.39 is 0 Å². The molecule has 1 aromatic heterocycles. The molecule has 0 spiro atoms. The van der Waals surface area contributed by atoms with Gasteiger partial charge in [-0.25, -0.2) is 0 Å². The highest BCUT2D eigenvalue weighted by atomic mass is 14.9. The molecule has 1 saturated carbocycles. The fourth-order valence-corrected chi connectivity index (χ4v) is 3.55. The minimum Gasteiger partial charge on any atom is -0.397 e. The van der Waals surface area contributed by atoms with Crippen LogP contribution in [-0.4, -0.2) is 11.0 Å². The van der Waals surface area contributed by atoms with Crippen LogP contribution in [0, 0.1) is 11.8 Å². The van der Waals surface area contributed by atoms with Crippen molar-refractivity contribution in [2.45, 2.75) is 39.2 Å². The van der Waals surface area contributed by atoms with E-state index in [1.807, 2.05) is 12.1 Å². The number of fused-ring (bicyclic) bond motifs is 1. The van der Waals surface area contributed by atoms with Gasteiger partial charge in [-0.2, -0.15) is 0 Å². The van der Waals surface area contributed by atoms with Crippen LogP contribution in [-0.2, 0) is 0 Å². The van der Waals surface area contributed by atoms with Crippen LogP contribution in [0.25, 0.3) is 10.9 Å². The van der Waals surface area contributed by atoms with E-state index in [2.05, 4.69) is 36.3 Å². The van der Waals surface area contributed by atoms with E-state index in [0.717, 1.165) is 34.1 Å². The van der Waals surface area contributed by atoms with Crippen molar-refractivity contribution in [3.63, 3.8) is 0 Å². The molecule has 1 aliphatic rings. The number of hydrogen-bond acceptors (Lipinski definition) is 3. The molecule has 106 valence electrons. The zero-order chi connectivity index (χ0) is 14.1. The smallest absolute Gasteiger partial charge is 0.0951 e. The molecule has 1 fully saturated rings. The summed E-state index contributed by atoms with van der Waals surface area (Å²) >= 11 is 0. The summed E-state index contributed by atoms with van der Waals surface area (Å²) in [4.78, 5) is 4.40. The summed E-state index contributed by atoms with van der Waals surface area (Å²) in [6.45, 7) is 4.67. The van der Waals surface area contributed by atoms with Crippen LogP contribution in [0.5, 0.6) is 0 Å². The number of hydrogen-bond donors (Lipinski definition) is 2. The Morgan fingerprint density at radius 3 is 2.90 bits per heavy atom. The third-order valence-corrected chi connectivity index (χ3v) is 4.89. The number of pyridine rings is 1. The Bertz CT molecular complexity index is 608. The van der Waals surface area contributed by atoms with Gasteiger partial charge in [-0.15, -0.1) is 0 Å². The Labute approximate surface area is 120 Å². The first kappa shape index (κ1) is 13.2. The minimum atomic E-state index is 0.562. The van der Waals surface area contributed by atoms with Gasteiger partial charge >= 0.3 is 0 Å². The van der Waals surface area contributed by atoms with Crippen molar-refractivity contribution in [1.29, 1.82) is 0 Å². The topological polar surface area (TPSA) is 50.9 Å². The average molecular weight is 269 g/mol. The number of anilines is 2. The average Bonchev–Trinajstić information content (AvgIpc) is 2.83. The molecule has 1 aromatic carbocycles. The van der Waals surface area contributed by atoms with Crippen molar-refractivity contribution in [3.05, 3.63) is 30.5 Å². The summed E-state index contributed by atoms with van der Waals surface area (Å²) in [5.41, 5.74) is 8.82. The van der Waals surface area contributed by atoms with Gasteiger partial charge < -0.3 is 11.1 Å². The highest BCUT2D eigenvalue weighted by Crippen LogP contribution is 2.37. The first-order valence-corrected chi connectivity index (χ1v) is 7.60. The minimum absolute atomic E-state index is 0.562. The van der Waals surface area contributed by atoms with Crippen LogP contribution in [0.4, 0.5) is 11.4 Å². The van der Waals surface area contributed by atoms with Gasteiger partial charge in [-0.3, -0.25) is 4.98 Å². The Morgan fingerprint density at radius 1 is 1.30 bits per heavy atom. The maximum absolute atomic E-state index is 6.01. The van der Waals surface area contributed by atoms with E-state index in [9.17, 15) is 0 Å². The lowest BCUT2D eigenvalue weighted by molar-refractivity contribution is 0.392. The number of benzene rings is 1. The van der Waals surface area contributed by atoms with Gasteiger partial charge in [0.1, 0.15) is 0 Å². The second kappa shape index (κ2) is 5.31. The molecule has 0 radical (unpaired) electrons. The van der Waals surface area contributed by atoms with Crippen LogP contribution in [0.15, 0.2) is 30.5 Å². The monoisotopic (exact) mass is 269 g/mol. The molecule has 3 heteroatoms. The van der Waals surface area contributed by atoms with Crippen molar-refractivity contribution in [2.75, 3.05) is 11.1 Å². The van der Waals surface area contributed by atoms with Crippen molar-refractivity contribution >= 4 is 22.3 Å². The maximum atomic E-state index is 6.01. The van der Waals surface area contributed by atoms with Gasteiger partial charge in [0.05, 0.1) is 11.2 Å². The van der Waals surface area contributed by atoms with E-state index in [-0.39, 0.29) is 0 Å². The second-order valence-corrected chi connectivity index (χ2v) is 5.96. The summed E-state index contributed by atoms with van der Waals surface area (Å²) in [5.74, 6) is 1.58. The van der Waals surface area contributed by atoms with E-state index in [1.165, 1.54) is 19.3 Å². The fourth-order valence-electron chi connectivity index (χ4n) is 3.55. The Morgan fingerprint density at radius 2 is 2.15 bits per heavy atom. The zero-order valence-electron chi connectivity index (χ0n) is 12.3. The van der Waals surface area contributed by atoms with Gasteiger partial charge in [0.25, 0.3) is 0 Å². The normalized spacial score (nSPS) is 26.0. The van der Waals surface area contributed by atoms with Crippen molar-refractivity contribution in [3.8, 4) is 0 Å². The predicted molar refractivity (Wildman–Crippen MR) is 85.7 cm³/mol. The molecule has 20 heavy (non-hydrogen) atoms. The highest BCUT2D eigenvalue weighted by molar-refractivity contribution is 5.98. The Kier molecular flexibility index (Phi) is 3.51. The molecule has 2 aromatic rings. The quantitative estimate of drug-likeness (QED) is 0.826. The molecule has 3 rings (SSSR count). The third kappa shape index (κ3) is 2.21. The predicted octanol–water partition coefficient (Wildman–Crippen LogP) is 4.05. The molecule has 1 aliphatic carbocycles. The molecule has 3 nitrogen and oxygen atoms in total. The number of nitrogens with zero attached hydrogens (tertiary/aromatic N) is 1. The molecule has 1 heterocycles. The van der Waals surface area contributed by atoms with Crippen LogP contribution in [0.3, 0.4) is 0 Å². The lowest BCUT2D eigenvalue weighted by Gasteiger charge is -2.23. The van der Waals surface area contributed by atoms with Gasteiger partial charge in [0, 0.05) is 23.3 Å². The van der Waals surface area contributed by atoms with Crippen molar-refractivity contribution in [1.82, 2.24) is 4.98 Å². The largest absolute Gasteiger partial charge is 0.397 e. The zero-order valence-corrected chi connectivity index (χ0v) is 12.3. The lowest BCUT2D eigenvalue weighted by Crippen LogP contribution is -2.24. The van der Waals surface area contributed by atoms with Crippen LogP contribution in [0.1, 0.15) is 33.1 Å².